The van der Waals surface area contributed by atoms with E-state index >= 15 is 0 Å². The van der Waals surface area contributed by atoms with Crippen molar-refractivity contribution in [3.63, 3.8) is 0 Å². The van der Waals surface area contributed by atoms with Gasteiger partial charge in [-0.2, -0.15) is 0 Å². The number of hydrogen-bond acceptors (Lipinski definition) is 19. The first-order chi connectivity index (χ1) is 42.5. The van der Waals surface area contributed by atoms with Crippen molar-refractivity contribution in [2.24, 2.45) is 23.3 Å². The van der Waals surface area contributed by atoms with Crippen molar-refractivity contribution in [2.75, 3.05) is 13.1 Å². The van der Waals surface area contributed by atoms with E-state index in [2.05, 4.69) is 53.2 Å². The number of aromatic hydroxyl groups is 1. The van der Waals surface area contributed by atoms with Gasteiger partial charge in [0.05, 0.1) is 24.8 Å². The Bertz CT molecular complexity index is 2810. The molecule has 1 aliphatic heterocycles. The van der Waals surface area contributed by atoms with E-state index in [1.54, 1.807) is 20.8 Å². The molecule has 34 nitrogen and oxygen atoms in total. The van der Waals surface area contributed by atoms with Crippen LogP contribution in [-0.4, -0.2) is 211 Å². The number of aliphatic hydroxyl groups is 2. The van der Waals surface area contributed by atoms with Crippen LogP contribution in [0.1, 0.15) is 125 Å². The van der Waals surface area contributed by atoms with E-state index in [-0.39, 0.29) is 50.8 Å². The van der Waals surface area contributed by atoms with Crippen molar-refractivity contribution < 1.29 is 102 Å². The van der Waals surface area contributed by atoms with Gasteiger partial charge >= 0.3 is 11.9 Å². The Morgan fingerprint density at radius 1 is 0.549 bits per heavy atom. The number of amides is 13. The Labute approximate surface area is 524 Å². The van der Waals surface area contributed by atoms with Crippen LogP contribution in [0.25, 0.3) is 0 Å². The van der Waals surface area contributed by atoms with Gasteiger partial charge in [-0.1, -0.05) is 53.2 Å². The molecule has 91 heavy (non-hydrogen) atoms. The van der Waals surface area contributed by atoms with Gasteiger partial charge in [0.1, 0.15) is 60.1 Å². The fraction of sp³-hybridized carbons (Fsp3) is 0.614. The van der Waals surface area contributed by atoms with Gasteiger partial charge in [-0.15, -0.1) is 0 Å². The molecule has 13 amide bonds. The maximum atomic E-state index is 14.4. The Morgan fingerprint density at radius 2 is 1.01 bits per heavy atom. The molecule has 1 heterocycles. The smallest absolute Gasteiger partial charge is 0.303 e. The lowest BCUT2D eigenvalue weighted by atomic mass is 9.98. The van der Waals surface area contributed by atoms with E-state index in [0.29, 0.717) is 5.56 Å². The monoisotopic (exact) mass is 1290 g/mol. The first-order valence-corrected chi connectivity index (χ1v) is 29.5. The largest absolute Gasteiger partial charge is 0.508 e. The SMILES string of the molecule is CCCC(NC(=O)C1CCCN1C(=O)C(NC(=O)C(NC(=O)C(CCC(=O)O)NC(=O)C(CCC(=O)O)NC(C)=O)C(C)C)C(C)C)C(=O)C(=O)NCC(=O)NC(CCC(N)=O)C(=O)NC(C(=O)NC(Cc1ccc(O)cc1)C(=O)NC(C(N)=O)C(C)O)C(C)O. The number of rotatable bonds is 39. The number of hydrogen-bond donors (Lipinski definition) is 17. The van der Waals surface area contributed by atoms with Crippen LogP contribution in [0.5, 0.6) is 5.75 Å². The minimum Gasteiger partial charge on any atom is -0.508 e. The predicted molar refractivity (Wildman–Crippen MR) is 317 cm³/mol. The Morgan fingerprint density at radius 3 is 1.51 bits per heavy atom. The molecular weight excluding hydrogens is 1200 g/mol. The summed E-state index contributed by atoms with van der Waals surface area (Å²) in [5.74, 6) is -18.6. The van der Waals surface area contributed by atoms with Crippen LogP contribution in [0.4, 0.5) is 0 Å². The number of likely N-dealkylation sites (tertiary alicyclic amines) is 1. The van der Waals surface area contributed by atoms with Crippen molar-refractivity contribution >= 4 is 94.5 Å². The second-order valence-corrected chi connectivity index (χ2v) is 22.6. The number of aliphatic carboxylic acids is 2. The molecule has 0 spiro atoms. The molecule has 506 valence electrons. The number of Topliss-reactive ketones (excluding diaryl/α,β-unsaturated/α-hetero) is 1. The molecule has 0 aliphatic carbocycles. The number of carboxylic acid groups (broad SMARTS) is 2. The van der Waals surface area contributed by atoms with Crippen LogP contribution in [0, 0.1) is 11.8 Å². The summed E-state index contributed by atoms with van der Waals surface area (Å²) < 4.78 is 0. The molecule has 19 N–H and O–H groups in total. The lowest BCUT2D eigenvalue weighted by Gasteiger charge is -2.33. The third kappa shape index (κ3) is 26.3. The molecule has 1 aliphatic rings. The van der Waals surface area contributed by atoms with E-state index in [4.69, 9.17) is 16.6 Å². The summed E-state index contributed by atoms with van der Waals surface area (Å²) >= 11 is 0. The molecule has 12 atom stereocenters. The molecule has 34 heteroatoms. The number of phenols is 1. The van der Waals surface area contributed by atoms with Crippen LogP contribution >= 0.6 is 0 Å². The highest BCUT2D eigenvalue weighted by molar-refractivity contribution is 6.38. The summed E-state index contributed by atoms with van der Waals surface area (Å²) in [6.07, 6.45) is -6.18. The molecule has 1 aromatic rings. The Kier molecular flexibility index (Phi) is 32.1. The number of ketones is 1. The number of nitrogens with one attached hydrogen (secondary N) is 10. The van der Waals surface area contributed by atoms with E-state index in [9.17, 15) is 97.1 Å². The number of carbonyl (C=O) groups excluding carboxylic acids is 14. The predicted octanol–water partition coefficient (Wildman–Crippen LogP) is -5.65. The minimum atomic E-state index is -1.89. The summed E-state index contributed by atoms with van der Waals surface area (Å²) in [6.45, 7) is 10.2. The number of carboxylic acids is 2. The van der Waals surface area contributed by atoms with Gasteiger partial charge in [-0.3, -0.25) is 76.7 Å². The number of aliphatic hydroxyl groups excluding tert-OH is 2. The summed E-state index contributed by atoms with van der Waals surface area (Å²) in [7, 11) is 0. The zero-order chi connectivity index (χ0) is 69.1. The zero-order valence-electron chi connectivity index (χ0n) is 52.0. The quantitative estimate of drug-likeness (QED) is 0.0273. The van der Waals surface area contributed by atoms with Crippen molar-refractivity contribution in [1.29, 1.82) is 0 Å². The topological polar surface area (TPSA) is 550 Å². The van der Waals surface area contributed by atoms with Gasteiger partial charge in [0.2, 0.25) is 76.7 Å². The van der Waals surface area contributed by atoms with Crippen LogP contribution in [0.3, 0.4) is 0 Å². The molecule has 2 rings (SSSR count). The van der Waals surface area contributed by atoms with E-state index in [0.717, 1.165) is 20.8 Å². The molecule has 1 aromatic carbocycles. The molecule has 1 fully saturated rings. The van der Waals surface area contributed by atoms with Gasteiger partial charge in [-0.05, 0) is 81.9 Å². The maximum Gasteiger partial charge on any atom is 0.303 e. The average Bonchev–Trinajstić information content (AvgIpc) is 1.90. The van der Waals surface area contributed by atoms with Crippen molar-refractivity contribution in [2.45, 2.75) is 199 Å². The lowest BCUT2D eigenvalue weighted by Crippen LogP contribution is -2.62. The average molecular weight is 1290 g/mol. The summed E-state index contributed by atoms with van der Waals surface area (Å²) in [6, 6.07) is -9.99. The Balaban J connectivity index is 2.26. The fourth-order valence-corrected chi connectivity index (χ4v) is 9.33. The lowest BCUT2D eigenvalue weighted by molar-refractivity contribution is -0.144. The second kappa shape index (κ2) is 37.6. The highest BCUT2D eigenvalue weighted by atomic mass is 16.4. The number of benzene rings is 1. The fourth-order valence-electron chi connectivity index (χ4n) is 9.33. The van der Waals surface area contributed by atoms with Gasteiger partial charge in [0.15, 0.2) is 0 Å². The summed E-state index contributed by atoms with van der Waals surface area (Å²) in [5.41, 5.74) is 11.0. The van der Waals surface area contributed by atoms with Crippen LogP contribution in [0.15, 0.2) is 24.3 Å². The highest BCUT2D eigenvalue weighted by Crippen LogP contribution is 2.22. The van der Waals surface area contributed by atoms with Gasteiger partial charge in [0.25, 0.3) is 5.91 Å². The van der Waals surface area contributed by atoms with E-state index in [1.807, 2.05) is 0 Å². The first-order valence-electron chi connectivity index (χ1n) is 29.5. The second-order valence-electron chi connectivity index (χ2n) is 22.6. The van der Waals surface area contributed by atoms with Crippen LogP contribution in [0.2, 0.25) is 0 Å². The Hall–Kier alpha value is -9.34. The molecule has 12 unspecified atom stereocenters. The number of nitrogens with two attached hydrogens (primary N) is 2. The van der Waals surface area contributed by atoms with E-state index < -0.39 is 218 Å². The van der Waals surface area contributed by atoms with Gasteiger partial charge in [-0.25, -0.2) is 0 Å². The van der Waals surface area contributed by atoms with Crippen molar-refractivity contribution in [3.05, 3.63) is 29.8 Å². The molecular formula is C57H87N13O21. The molecule has 1 saturated heterocycles. The van der Waals surface area contributed by atoms with E-state index in [1.165, 1.54) is 43.0 Å². The molecule has 0 radical (unpaired) electrons. The summed E-state index contributed by atoms with van der Waals surface area (Å²) in [4.78, 5) is 210. The number of primary amides is 2. The maximum absolute atomic E-state index is 14.4. The first kappa shape index (κ1) is 77.8. The van der Waals surface area contributed by atoms with Gasteiger partial charge in [0, 0.05) is 39.2 Å². The normalized spacial score (nSPS) is 16.4. The zero-order valence-corrected chi connectivity index (χ0v) is 52.0. The molecule has 0 aromatic heterocycles. The third-order valence-corrected chi connectivity index (χ3v) is 14.3. The van der Waals surface area contributed by atoms with Crippen LogP contribution in [-0.2, 0) is 83.1 Å². The minimum absolute atomic E-state index is 0.00253. The van der Waals surface area contributed by atoms with Crippen molar-refractivity contribution in [1.82, 2.24) is 58.1 Å². The number of nitrogens with zero attached hydrogens (tertiary/aromatic N) is 1. The van der Waals surface area contributed by atoms with Gasteiger partial charge < -0.3 is 95.1 Å². The molecule has 0 saturated carbocycles. The number of carbonyl (C=O) groups is 16. The van der Waals surface area contributed by atoms with Crippen LogP contribution < -0.4 is 64.6 Å². The highest BCUT2D eigenvalue weighted by Gasteiger charge is 2.42. The summed E-state index contributed by atoms with van der Waals surface area (Å²) in [5, 5.41) is 72.4. The molecule has 0 bridgehead atoms. The standard InChI is InChI=1S/C57H87N13O21/c1-9-11-33(63-53(87)38-12-10-23-70(38)57(91)44(27(4)5)67-54(88)43(26(2)3)66-51(85)36(19-22-42(79)80)64-49(83)34(61-30(8)73)18-21-41(77)78)47(81)56(90)60-25-40(76)62-35(17-20-39(58)75)50(84)69-46(29(7)72)55(89)65-37(24-31-13-15-32(74)16-14-31)52(86)68-45(28(6)71)48(59)82/h13-16,26-29,33-38,43-46,71-72,74H,9-12,17-25H2,1-8H3,(H2,58,75)(H2,59,82)(H,60,90)(H,61,73)(H,62,76)(H,63,87)(H,64,83)(H,65,89)(H,66,85)(H,67,88)(H,68,86)(H,69,84)(H,77,78)(H,79,80). The third-order valence-electron chi connectivity index (χ3n) is 14.3. The van der Waals surface area contributed by atoms with Crippen molar-refractivity contribution in [3.8, 4) is 5.75 Å². The number of phenolic OH excluding ortho intramolecular Hbond substituents is 1.